The summed E-state index contributed by atoms with van der Waals surface area (Å²) >= 11 is 3.47. The fourth-order valence-electron chi connectivity index (χ4n) is 2.51. The van der Waals surface area contributed by atoms with Gasteiger partial charge in [-0.1, -0.05) is 28.1 Å². The van der Waals surface area contributed by atoms with Crippen molar-refractivity contribution in [3.8, 4) is 0 Å². The molecular formula is C14H18BrNO3. The number of hydrogen-bond donors (Lipinski definition) is 1. The van der Waals surface area contributed by atoms with Crippen LogP contribution < -0.4 is 0 Å². The zero-order valence-electron chi connectivity index (χ0n) is 10.9. The maximum atomic E-state index is 10.9. The molecule has 1 N–H and O–H groups in total. The molecule has 5 heteroatoms. The zero-order valence-corrected chi connectivity index (χ0v) is 12.5. The molecular weight excluding hydrogens is 310 g/mol. The van der Waals surface area contributed by atoms with Crippen molar-refractivity contribution >= 4 is 21.9 Å². The summed E-state index contributed by atoms with van der Waals surface area (Å²) in [5.74, 6) is -0.776. The van der Waals surface area contributed by atoms with Crippen LogP contribution in [-0.2, 0) is 9.53 Å². The van der Waals surface area contributed by atoms with Crippen LogP contribution in [0.1, 0.15) is 24.9 Å². The lowest BCUT2D eigenvalue weighted by atomic mass is 10.0. The minimum atomic E-state index is -0.776. The van der Waals surface area contributed by atoms with Crippen LogP contribution in [-0.4, -0.2) is 41.8 Å². The SMILES string of the molecule is CC(c1cccc(Br)c1)N1CCOCC1CC(=O)O. The molecule has 4 nitrogen and oxygen atoms in total. The Balaban J connectivity index is 2.14. The Bertz CT molecular complexity index is 452. The lowest BCUT2D eigenvalue weighted by molar-refractivity contribution is -0.140. The minimum Gasteiger partial charge on any atom is -0.481 e. The monoisotopic (exact) mass is 327 g/mol. The van der Waals surface area contributed by atoms with Crippen LogP contribution in [0.5, 0.6) is 0 Å². The maximum Gasteiger partial charge on any atom is 0.305 e. The van der Waals surface area contributed by atoms with Gasteiger partial charge < -0.3 is 9.84 Å². The van der Waals surface area contributed by atoms with Crippen LogP contribution in [0.3, 0.4) is 0 Å². The molecule has 0 amide bonds. The van der Waals surface area contributed by atoms with Crippen molar-refractivity contribution in [1.82, 2.24) is 4.90 Å². The summed E-state index contributed by atoms with van der Waals surface area (Å²) in [6.45, 7) is 4.03. The lowest BCUT2D eigenvalue weighted by Gasteiger charge is -2.39. The van der Waals surface area contributed by atoms with Crippen molar-refractivity contribution in [1.29, 1.82) is 0 Å². The average molecular weight is 328 g/mol. The van der Waals surface area contributed by atoms with Crippen molar-refractivity contribution in [3.63, 3.8) is 0 Å². The second kappa shape index (κ2) is 6.50. The minimum absolute atomic E-state index is 0.0553. The highest BCUT2D eigenvalue weighted by Gasteiger charge is 2.29. The number of carboxylic acid groups (broad SMARTS) is 1. The Labute approximate surface area is 121 Å². The van der Waals surface area contributed by atoms with Crippen molar-refractivity contribution < 1.29 is 14.6 Å². The molecule has 0 spiro atoms. The first-order valence-corrected chi connectivity index (χ1v) is 7.18. The number of ether oxygens (including phenoxy) is 1. The summed E-state index contributed by atoms with van der Waals surface area (Å²) in [5.41, 5.74) is 1.19. The predicted octanol–water partition coefficient (Wildman–Crippen LogP) is 2.69. The van der Waals surface area contributed by atoms with Gasteiger partial charge in [0.1, 0.15) is 0 Å². The molecule has 1 fully saturated rings. The largest absolute Gasteiger partial charge is 0.481 e. The first kappa shape index (κ1) is 14.5. The first-order chi connectivity index (χ1) is 9.08. The number of carbonyl (C=O) groups is 1. The number of aliphatic carboxylic acids is 1. The Hall–Kier alpha value is -0.910. The fraction of sp³-hybridized carbons (Fsp3) is 0.500. The number of halogens is 1. The molecule has 0 bridgehead atoms. The second-order valence-electron chi connectivity index (χ2n) is 4.80. The molecule has 104 valence electrons. The molecule has 0 saturated carbocycles. The molecule has 1 aliphatic rings. The highest BCUT2D eigenvalue weighted by molar-refractivity contribution is 9.10. The van der Waals surface area contributed by atoms with Crippen molar-refractivity contribution in [2.45, 2.75) is 25.4 Å². The highest BCUT2D eigenvalue weighted by Crippen LogP contribution is 2.27. The van der Waals surface area contributed by atoms with E-state index in [4.69, 9.17) is 9.84 Å². The Morgan fingerprint density at radius 2 is 2.42 bits per heavy atom. The summed E-state index contributed by atoms with van der Waals surface area (Å²) in [6.07, 6.45) is 0.123. The highest BCUT2D eigenvalue weighted by atomic mass is 79.9. The summed E-state index contributed by atoms with van der Waals surface area (Å²) in [6, 6.07) is 8.28. The van der Waals surface area contributed by atoms with Crippen LogP contribution in [0, 0.1) is 0 Å². The number of carboxylic acids is 1. The molecule has 19 heavy (non-hydrogen) atoms. The average Bonchev–Trinajstić information content (AvgIpc) is 2.38. The number of benzene rings is 1. The normalized spacial score (nSPS) is 22.1. The third-order valence-electron chi connectivity index (χ3n) is 3.51. The van der Waals surface area contributed by atoms with E-state index in [-0.39, 0.29) is 18.5 Å². The molecule has 2 rings (SSSR count). The second-order valence-corrected chi connectivity index (χ2v) is 5.71. The number of hydrogen-bond acceptors (Lipinski definition) is 3. The molecule has 0 aliphatic carbocycles. The number of rotatable bonds is 4. The van der Waals surface area contributed by atoms with Gasteiger partial charge in [0.25, 0.3) is 0 Å². The molecule has 2 atom stereocenters. The van der Waals surface area contributed by atoms with Gasteiger partial charge in [0, 0.05) is 23.1 Å². The maximum absolute atomic E-state index is 10.9. The topological polar surface area (TPSA) is 49.8 Å². The standard InChI is InChI=1S/C14H18BrNO3/c1-10(11-3-2-4-12(15)7-11)16-5-6-19-9-13(16)8-14(17)18/h2-4,7,10,13H,5-6,8-9H2,1H3,(H,17,18). The molecule has 1 aliphatic heterocycles. The van der Waals surface area contributed by atoms with E-state index in [9.17, 15) is 4.79 Å². The van der Waals surface area contributed by atoms with Crippen LogP contribution in [0.2, 0.25) is 0 Å². The van der Waals surface area contributed by atoms with E-state index in [1.807, 2.05) is 12.1 Å². The molecule has 1 aromatic carbocycles. The Kier molecular flexibility index (Phi) is 4.96. The van der Waals surface area contributed by atoms with Gasteiger partial charge in [-0.2, -0.15) is 0 Å². The van der Waals surface area contributed by atoms with E-state index in [0.29, 0.717) is 13.2 Å². The van der Waals surface area contributed by atoms with Gasteiger partial charge in [-0.25, -0.2) is 0 Å². The van der Waals surface area contributed by atoms with E-state index in [1.165, 1.54) is 5.56 Å². The van der Waals surface area contributed by atoms with Gasteiger partial charge in [0.2, 0.25) is 0 Å². The van der Waals surface area contributed by atoms with E-state index in [1.54, 1.807) is 0 Å². The van der Waals surface area contributed by atoms with Crippen LogP contribution in [0.25, 0.3) is 0 Å². The van der Waals surface area contributed by atoms with Crippen LogP contribution in [0.15, 0.2) is 28.7 Å². The summed E-state index contributed by atoms with van der Waals surface area (Å²) in [4.78, 5) is 13.2. The smallest absolute Gasteiger partial charge is 0.305 e. The van der Waals surface area contributed by atoms with Crippen LogP contribution >= 0.6 is 15.9 Å². The third kappa shape index (κ3) is 3.78. The van der Waals surface area contributed by atoms with Gasteiger partial charge in [0.15, 0.2) is 0 Å². The summed E-state index contributed by atoms with van der Waals surface area (Å²) in [7, 11) is 0. The first-order valence-electron chi connectivity index (χ1n) is 6.38. The van der Waals surface area contributed by atoms with Crippen molar-refractivity contribution in [2.75, 3.05) is 19.8 Å². The summed E-state index contributed by atoms with van der Waals surface area (Å²) in [5, 5.41) is 8.99. The lowest BCUT2D eigenvalue weighted by Crippen LogP contribution is -2.47. The summed E-state index contributed by atoms with van der Waals surface area (Å²) < 4.78 is 6.45. The number of morpholine rings is 1. The van der Waals surface area contributed by atoms with Crippen molar-refractivity contribution in [2.24, 2.45) is 0 Å². The molecule has 1 saturated heterocycles. The van der Waals surface area contributed by atoms with E-state index < -0.39 is 5.97 Å². The van der Waals surface area contributed by atoms with Gasteiger partial charge >= 0.3 is 5.97 Å². The van der Waals surface area contributed by atoms with Crippen LogP contribution in [0.4, 0.5) is 0 Å². The fourth-order valence-corrected chi connectivity index (χ4v) is 2.93. The van der Waals surface area contributed by atoms with Gasteiger partial charge in [-0.3, -0.25) is 9.69 Å². The van der Waals surface area contributed by atoms with Crippen molar-refractivity contribution in [3.05, 3.63) is 34.3 Å². The van der Waals surface area contributed by atoms with E-state index >= 15 is 0 Å². The molecule has 1 heterocycles. The quantitative estimate of drug-likeness (QED) is 0.923. The predicted molar refractivity (Wildman–Crippen MR) is 76.1 cm³/mol. The van der Waals surface area contributed by atoms with E-state index in [2.05, 4.69) is 39.9 Å². The Morgan fingerprint density at radius 1 is 1.63 bits per heavy atom. The van der Waals surface area contributed by atoms with E-state index in [0.717, 1.165) is 11.0 Å². The Morgan fingerprint density at radius 3 is 3.11 bits per heavy atom. The molecule has 1 aromatic rings. The number of nitrogens with zero attached hydrogens (tertiary/aromatic N) is 1. The molecule has 0 aromatic heterocycles. The molecule has 0 radical (unpaired) electrons. The van der Waals surface area contributed by atoms with Gasteiger partial charge in [-0.15, -0.1) is 0 Å². The van der Waals surface area contributed by atoms with Gasteiger partial charge in [-0.05, 0) is 24.6 Å². The third-order valence-corrected chi connectivity index (χ3v) is 4.01. The zero-order chi connectivity index (χ0) is 13.8. The van der Waals surface area contributed by atoms with Gasteiger partial charge in [0.05, 0.1) is 19.6 Å². The molecule has 2 unspecified atom stereocenters.